The van der Waals surface area contributed by atoms with E-state index in [9.17, 15) is 0 Å². The maximum absolute atomic E-state index is 4.37. The van der Waals surface area contributed by atoms with Crippen LogP contribution in [0.15, 0.2) is 42.9 Å². The minimum atomic E-state index is 0.522. The zero-order valence-corrected chi connectivity index (χ0v) is 13.4. The first kappa shape index (κ1) is 15.0. The van der Waals surface area contributed by atoms with Gasteiger partial charge in [-0.25, -0.2) is 9.97 Å². The number of aromatic nitrogens is 2. The van der Waals surface area contributed by atoms with Gasteiger partial charge in [-0.1, -0.05) is 29.8 Å². The number of piperidine rings is 1. The lowest BCUT2D eigenvalue weighted by atomic mass is 10.0. The lowest BCUT2D eigenvalue weighted by Gasteiger charge is -2.38. The Hall–Kier alpha value is -1.94. The predicted octanol–water partition coefficient (Wildman–Crippen LogP) is 2.89. The molecule has 1 fully saturated rings. The Kier molecular flexibility index (Phi) is 4.68. The van der Waals surface area contributed by atoms with E-state index in [2.05, 4.69) is 58.0 Å². The molecule has 0 radical (unpaired) electrons. The van der Waals surface area contributed by atoms with Crippen LogP contribution in [0.25, 0.3) is 0 Å². The third kappa shape index (κ3) is 3.63. The molecule has 1 saturated heterocycles. The highest BCUT2D eigenvalue weighted by atomic mass is 15.2. The lowest BCUT2D eigenvalue weighted by molar-refractivity contribution is 0.198. The summed E-state index contributed by atoms with van der Waals surface area (Å²) in [4.78, 5) is 13.2. The molecule has 1 aliphatic rings. The number of rotatable bonds is 4. The number of hydrogen-bond acceptors (Lipinski definition) is 4. The molecular weight excluding hydrogens is 272 g/mol. The molecule has 116 valence electrons. The van der Waals surface area contributed by atoms with Crippen molar-refractivity contribution in [3.63, 3.8) is 0 Å². The molecule has 1 aliphatic heterocycles. The van der Waals surface area contributed by atoms with Crippen LogP contribution in [0, 0.1) is 6.92 Å². The van der Waals surface area contributed by atoms with E-state index in [4.69, 9.17) is 0 Å². The summed E-state index contributed by atoms with van der Waals surface area (Å²) in [5.41, 5.74) is 2.72. The molecule has 1 unspecified atom stereocenters. The fourth-order valence-corrected chi connectivity index (χ4v) is 3.12. The summed E-state index contributed by atoms with van der Waals surface area (Å²) in [5, 5.41) is 0. The number of anilines is 1. The van der Waals surface area contributed by atoms with E-state index in [0.717, 1.165) is 18.9 Å². The van der Waals surface area contributed by atoms with Gasteiger partial charge in [0.2, 0.25) is 0 Å². The van der Waals surface area contributed by atoms with Crippen molar-refractivity contribution in [3.8, 4) is 0 Å². The molecule has 0 spiro atoms. The largest absolute Gasteiger partial charge is 0.355 e. The monoisotopic (exact) mass is 296 g/mol. The van der Waals surface area contributed by atoms with Crippen LogP contribution in [-0.2, 0) is 6.54 Å². The lowest BCUT2D eigenvalue weighted by Crippen LogP contribution is -2.46. The van der Waals surface area contributed by atoms with Gasteiger partial charge in [-0.2, -0.15) is 0 Å². The van der Waals surface area contributed by atoms with Crippen LogP contribution in [0.5, 0.6) is 0 Å². The number of aryl methyl sites for hydroxylation is 1. The zero-order chi connectivity index (χ0) is 15.4. The number of hydrogen-bond donors (Lipinski definition) is 0. The second-order valence-electron chi connectivity index (χ2n) is 6.20. The van der Waals surface area contributed by atoms with Crippen molar-refractivity contribution in [2.24, 2.45) is 0 Å². The van der Waals surface area contributed by atoms with Crippen LogP contribution in [0.4, 0.5) is 5.82 Å². The minimum absolute atomic E-state index is 0.522. The van der Waals surface area contributed by atoms with Crippen LogP contribution in [0.3, 0.4) is 0 Å². The molecule has 0 amide bonds. The van der Waals surface area contributed by atoms with Crippen molar-refractivity contribution < 1.29 is 0 Å². The Labute approximate surface area is 132 Å². The maximum atomic E-state index is 4.37. The third-order valence-electron chi connectivity index (χ3n) is 4.48. The van der Waals surface area contributed by atoms with Crippen LogP contribution in [0.1, 0.15) is 24.0 Å². The molecule has 4 heteroatoms. The fraction of sp³-hybridized carbons (Fsp3) is 0.444. The number of benzene rings is 1. The smallest absolute Gasteiger partial charge is 0.131 e. The Morgan fingerprint density at radius 2 is 2.05 bits per heavy atom. The standard InChI is InChI=1S/C18H24N4/c1-15-5-7-16(8-6-15)12-22-11-3-4-17(13-22)21(2)18-9-10-19-14-20-18/h5-10,14,17H,3-4,11-13H2,1-2H3. The molecule has 3 rings (SSSR count). The molecule has 0 saturated carbocycles. The average molecular weight is 296 g/mol. The quantitative estimate of drug-likeness (QED) is 0.868. The zero-order valence-electron chi connectivity index (χ0n) is 13.4. The highest BCUT2D eigenvalue weighted by molar-refractivity contribution is 5.37. The SMILES string of the molecule is Cc1ccc(CN2CCCC(N(C)c3ccncn3)C2)cc1. The van der Waals surface area contributed by atoms with Gasteiger partial charge in [-0.3, -0.25) is 4.90 Å². The molecular formula is C18H24N4. The van der Waals surface area contributed by atoms with Crippen LogP contribution in [-0.4, -0.2) is 41.0 Å². The van der Waals surface area contributed by atoms with Gasteiger partial charge in [-0.15, -0.1) is 0 Å². The van der Waals surface area contributed by atoms with Gasteiger partial charge in [0.15, 0.2) is 0 Å². The van der Waals surface area contributed by atoms with Gasteiger partial charge >= 0.3 is 0 Å². The summed E-state index contributed by atoms with van der Waals surface area (Å²) in [6, 6.07) is 11.4. The molecule has 0 N–H and O–H groups in total. The van der Waals surface area contributed by atoms with E-state index < -0.39 is 0 Å². The molecule has 2 aromatic rings. The molecule has 22 heavy (non-hydrogen) atoms. The molecule has 1 aromatic heterocycles. The summed E-state index contributed by atoms with van der Waals surface area (Å²) in [5.74, 6) is 1.01. The van der Waals surface area contributed by atoms with E-state index in [0.29, 0.717) is 6.04 Å². The molecule has 0 bridgehead atoms. The van der Waals surface area contributed by atoms with Crippen molar-refractivity contribution in [1.82, 2.24) is 14.9 Å². The van der Waals surface area contributed by atoms with Gasteiger partial charge in [0.1, 0.15) is 12.1 Å². The predicted molar refractivity (Wildman–Crippen MR) is 89.9 cm³/mol. The third-order valence-corrected chi connectivity index (χ3v) is 4.48. The first-order valence-electron chi connectivity index (χ1n) is 7.99. The van der Waals surface area contributed by atoms with E-state index in [1.165, 1.54) is 30.5 Å². The van der Waals surface area contributed by atoms with Crippen LogP contribution < -0.4 is 4.90 Å². The molecule has 1 atom stereocenters. The summed E-state index contributed by atoms with van der Waals surface area (Å²) in [6.07, 6.45) is 5.90. The van der Waals surface area contributed by atoms with Crippen molar-refractivity contribution in [3.05, 3.63) is 54.0 Å². The number of likely N-dealkylation sites (N-methyl/N-ethyl adjacent to an activating group) is 1. The van der Waals surface area contributed by atoms with Gasteiger partial charge in [0.25, 0.3) is 0 Å². The van der Waals surface area contributed by atoms with Gasteiger partial charge in [0.05, 0.1) is 0 Å². The van der Waals surface area contributed by atoms with Crippen molar-refractivity contribution in [2.45, 2.75) is 32.4 Å². The molecule has 0 aliphatic carbocycles. The second kappa shape index (κ2) is 6.88. The van der Waals surface area contributed by atoms with Gasteiger partial charge in [-0.05, 0) is 37.9 Å². The van der Waals surface area contributed by atoms with Gasteiger partial charge < -0.3 is 4.90 Å². The van der Waals surface area contributed by atoms with E-state index in [-0.39, 0.29) is 0 Å². The molecule has 2 heterocycles. The van der Waals surface area contributed by atoms with Crippen LogP contribution in [0.2, 0.25) is 0 Å². The van der Waals surface area contributed by atoms with Crippen LogP contribution >= 0.6 is 0 Å². The summed E-state index contributed by atoms with van der Waals surface area (Å²) in [7, 11) is 2.14. The van der Waals surface area contributed by atoms with Crippen molar-refractivity contribution in [1.29, 1.82) is 0 Å². The molecule has 1 aromatic carbocycles. The average Bonchev–Trinajstić information content (AvgIpc) is 2.57. The summed E-state index contributed by atoms with van der Waals surface area (Å²) >= 11 is 0. The summed E-state index contributed by atoms with van der Waals surface area (Å²) in [6.45, 7) is 5.45. The first-order chi connectivity index (χ1) is 10.7. The van der Waals surface area contributed by atoms with E-state index in [1.807, 2.05) is 12.3 Å². The normalized spacial score (nSPS) is 19.1. The maximum Gasteiger partial charge on any atom is 0.131 e. The number of nitrogens with zero attached hydrogens (tertiary/aromatic N) is 4. The Balaban J connectivity index is 1.63. The highest BCUT2D eigenvalue weighted by Crippen LogP contribution is 2.20. The van der Waals surface area contributed by atoms with Crippen molar-refractivity contribution >= 4 is 5.82 Å². The van der Waals surface area contributed by atoms with E-state index in [1.54, 1.807) is 6.33 Å². The second-order valence-corrected chi connectivity index (χ2v) is 6.20. The molecule has 4 nitrogen and oxygen atoms in total. The first-order valence-corrected chi connectivity index (χ1v) is 7.99. The Bertz CT molecular complexity index is 582. The van der Waals surface area contributed by atoms with Gasteiger partial charge in [0, 0.05) is 32.4 Å². The number of likely N-dealkylation sites (tertiary alicyclic amines) is 1. The fourth-order valence-electron chi connectivity index (χ4n) is 3.12. The minimum Gasteiger partial charge on any atom is -0.355 e. The summed E-state index contributed by atoms with van der Waals surface area (Å²) < 4.78 is 0. The Morgan fingerprint density at radius 3 is 2.77 bits per heavy atom. The Morgan fingerprint density at radius 1 is 1.23 bits per heavy atom. The van der Waals surface area contributed by atoms with E-state index >= 15 is 0 Å². The highest BCUT2D eigenvalue weighted by Gasteiger charge is 2.23. The van der Waals surface area contributed by atoms with Crippen molar-refractivity contribution in [2.75, 3.05) is 25.0 Å². The topological polar surface area (TPSA) is 32.3 Å².